The molecule has 0 atom stereocenters. The maximum atomic E-state index is 5.92. The summed E-state index contributed by atoms with van der Waals surface area (Å²) in [5.74, 6) is 0.741. The molecule has 0 spiro atoms. The van der Waals surface area contributed by atoms with Gasteiger partial charge in [0.1, 0.15) is 0 Å². The summed E-state index contributed by atoms with van der Waals surface area (Å²) in [6.07, 6.45) is 5.12. The molecule has 106 valence electrons. The maximum absolute atomic E-state index is 5.92. The summed E-state index contributed by atoms with van der Waals surface area (Å²) in [4.78, 5) is 16.7. The number of hydrogen-bond acceptors (Lipinski definition) is 6. The molecule has 3 heterocycles. The molecule has 3 aromatic heterocycles. The molecule has 0 amide bonds. The predicted molar refractivity (Wildman–Crippen MR) is 78.3 cm³/mol. The van der Waals surface area contributed by atoms with Crippen molar-refractivity contribution in [2.24, 2.45) is 0 Å². The first-order chi connectivity index (χ1) is 10.2. The Morgan fingerprint density at radius 1 is 1.19 bits per heavy atom. The molecule has 0 radical (unpaired) electrons. The van der Waals surface area contributed by atoms with Gasteiger partial charge in [-0.05, 0) is 36.2 Å². The third-order valence-electron chi connectivity index (χ3n) is 2.84. The molecule has 7 nitrogen and oxygen atoms in total. The minimum Gasteiger partial charge on any atom is -0.348 e. The van der Waals surface area contributed by atoms with Crippen LogP contribution in [-0.2, 0) is 6.54 Å². The fourth-order valence-corrected chi connectivity index (χ4v) is 1.93. The van der Waals surface area contributed by atoms with E-state index in [0.717, 1.165) is 11.3 Å². The number of pyridine rings is 1. The van der Waals surface area contributed by atoms with E-state index in [4.69, 9.17) is 11.6 Å². The third kappa shape index (κ3) is 3.14. The fourth-order valence-electron chi connectivity index (χ4n) is 1.77. The quantitative estimate of drug-likeness (QED) is 0.794. The second-order valence-electron chi connectivity index (χ2n) is 4.30. The van der Waals surface area contributed by atoms with Crippen LogP contribution in [0.15, 0.2) is 36.8 Å². The smallest absolute Gasteiger partial charge is 0.256 e. The van der Waals surface area contributed by atoms with E-state index in [1.807, 2.05) is 19.1 Å². The summed E-state index contributed by atoms with van der Waals surface area (Å²) >= 11 is 5.92. The summed E-state index contributed by atoms with van der Waals surface area (Å²) in [6.45, 7) is 2.51. The zero-order valence-electron chi connectivity index (χ0n) is 11.2. The Balaban J connectivity index is 1.81. The van der Waals surface area contributed by atoms with Gasteiger partial charge in [-0.25, -0.2) is 4.68 Å². The summed E-state index contributed by atoms with van der Waals surface area (Å²) < 4.78 is 1.52. The Labute approximate surface area is 126 Å². The molecule has 3 aromatic rings. The first-order valence-corrected chi connectivity index (χ1v) is 6.66. The summed E-state index contributed by atoms with van der Waals surface area (Å²) in [7, 11) is 0. The topological polar surface area (TPSA) is 81.4 Å². The van der Waals surface area contributed by atoms with Crippen molar-refractivity contribution in [1.29, 1.82) is 0 Å². The van der Waals surface area contributed by atoms with Crippen molar-refractivity contribution >= 4 is 17.5 Å². The van der Waals surface area contributed by atoms with E-state index in [-0.39, 0.29) is 5.28 Å². The molecule has 0 aliphatic carbocycles. The largest absolute Gasteiger partial charge is 0.348 e. The number of nitrogens with one attached hydrogen (secondary N) is 1. The normalized spacial score (nSPS) is 10.6. The van der Waals surface area contributed by atoms with Crippen LogP contribution in [-0.4, -0.2) is 29.7 Å². The van der Waals surface area contributed by atoms with Gasteiger partial charge in [-0.2, -0.15) is 20.1 Å². The van der Waals surface area contributed by atoms with Crippen molar-refractivity contribution in [3.05, 3.63) is 53.3 Å². The Morgan fingerprint density at radius 2 is 2.10 bits per heavy atom. The van der Waals surface area contributed by atoms with E-state index in [2.05, 4.69) is 30.4 Å². The molecule has 0 bridgehead atoms. The number of hydrogen-bond donors (Lipinski definition) is 1. The van der Waals surface area contributed by atoms with Crippen LogP contribution in [0.5, 0.6) is 0 Å². The lowest BCUT2D eigenvalue weighted by atomic mass is 10.2. The van der Waals surface area contributed by atoms with E-state index in [0.29, 0.717) is 18.4 Å². The van der Waals surface area contributed by atoms with Crippen molar-refractivity contribution in [2.45, 2.75) is 13.5 Å². The number of nitrogens with zero attached hydrogens (tertiary/aromatic N) is 6. The maximum Gasteiger partial charge on any atom is 0.256 e. The van der Waals surface area contributed by atoms with Gasteiger partial charge in [-0.3, -0.25) is 4.98 Å². The number of aromatic nitrogens is 6. The molecule has 0 aromatic carbocycles. The molecule has 3 rings (SSSR count). The average Bonchev–Trinajstić information content (AvgIpc) is 3.00. The highest BCUT2D eigenvalue weighted by Crippen LogP contribution is 2.11. The van der Waals surface area contributed by atoms with Crippen molar-refractivity contribution < 1.29 is 0 Å². The second-order valence-corrected chi connectivity index (χ2v) is 4.64. The Hall–Kier alpha value is -2.54. The van der Waals surface area contributed by atoms with Crippen LogP contribution < -0.4 is 5.32 Å². The molecule has 0 aliphatic rings. The van der Waals surface area contributed by atoms with E-state index < -0.39 is 0 Å². The molecule has 1 N–H and O–H groups in total. The molecule has 0 aliphatic heterocycles. The number of aryl methyl sites for hydroxylation is 1. The number of anilines is 1. The monoisotopic (exact) mass is 301 g/mol. The van der Waals surface area contributed by atoms with Crippen molar-refractivity contribution in [3.63, 3.8) is 0 Å². The molecule has 0 saturated heterocycles. The second kappa shape index (κ2) is 5.84. The van der Waals surface area contributed by atoms with Crippen LogP contribution in [0.3, 0.4) is 0 Å². The van der Waals surface area contributed by atoms with Crippen LogP contribution in [0, 0.1) is 6.92 Å². The van der Waals surface area contributed by atoms with Gasteiger partial charge in [0.2, 0.25) is 11.2 Å². The van der Waals surface area contributed by atoms with E-state index >= 15 is 0 Å². The van der Waals surface area contributed by atoms with E-state index in [9.17, 15) is 0 Å². The standard InChI is InChI=1S/C13H12ClN7/c1-9-4-2-5-15-10(9)8-16-12-18-11(14)19-13(20-12)21-7-3-6-17-21/h2-7H,8H2,1H3,(H,16,18,19,20). The van der Waals surface area contributed by atoms with E-state index in [1.165, 1.54) is 4.68 Å². The highest BCUT2D eigenvalue weighted by Gasteiger charge is 2.07. The zero-order valence-corrected chi connectivity index (χ0v) is 12.0. The first-order valence-electron chi connectivity index (χ1n) is 6.28. The highest BCUT2D eigenvalue weighted by atomic mass is 35.5. The minimum absolute atomic E-state index is 0.107. The van der Waals surface area contributed by atoms with Gasteiger partial charge in [0, 0.05) is 18.6 Å². The fraction of sp³-hybridized carbons (Fsp3) is 0.154. The molecule has 8 heteroatoms. The van der Waals surface area contributed by atoms with Crippen LogP contribution in [0.2, 0.25) is 5.28 Å². The van der Waals surface area contributed by atoms with Crippen LogP contribution in [0.25, 0.3) is 5.95 Å². The Bertz CT molecular complexity index is 742. The van der Waals surface area contributed by atoms with Gasteiger partial charge in [-0.15, -0.1) is 0 Å². The number of rotatable bonds is 4. The van der Waals surface area contributed by atoms with Crippen LogP contribution in [0.4, 0.5) is 5.95 Å². The van der Waals surface area contributed by atoms with Gasteiger partial charge >= 0.3 is 0 Å². The third-order valence-corrected chi connectivity index (χ3v) is 3.01. The number of halogens is 1. The van der Waals surface area contributed by atoms with Crippen LogP contribution in [0.1, 0.15) is 11.3 Å². The van der Waals surface area contributed by atoms with Crippen molar-refractivity contribution in [2.75, 3.05) is 5.32 Å². The highest BCUT2D eigenvalue weighted by molar-refractivity contribution is 6.28. The molecule has 0 fully saturated rings. The SMILES string of the molecule is Cc1cccnc1CNc1nc(Cl)nc(-n2cccn2)n1. The lowest BCUT2D eigenvalue weighted by molar-refractivity contribution is 0.794. The zero-order chi connectivity index (χ0) is 14.7. The Kier molecular flexibility index (Phi) is 3.74. The lowest BCUT2D eigenvalue weighted by Crippen LogP contribution is -2.10. The minimum atomic E-state index is 0.107. The van der Waals surface area contributed by atoms with Gasteiger partial charge in [0.15, 0.2) is 0 Å². The summed E-state index contributed by atoms with van der Waals surface area (Å²) in [5, 5.41) is 7.27. The van der Waals surface area contributed by atoms with Gasteiger partial charge in [0.25, 0.3) is 5.95 Å². The molecular weight excluding hydrogens is 290 g/mol. The predicted octanol–water partition coefficient (Wildman–Crippen LogP) is 2.03. The molecular formula is C13H12ClN7. The molecule has 0 unspecified atom stereocenters. The van der Waals surface area contributed by atoms with Gasteiger partial charge in [-0.1, -0.05) is 6.07 Å². The van der Waals surface area contributed by atoms with Crippen molar-refractivity contribution in [3.8, 4) is 5.95 Å². The summed E-state index contributed by atoms with van der Waals surface area (Å²) in [6, 6.07) is 5.68. The molecule has 21 heavy (non-hydrogen) atoms. The van der Waals surface area contributed by atoms with Crippen LogP contribution >= 0.6 is 11.6 Å². The molecule has 0 saturated carbocycles. The van der Waals surface area contributed by atoms with Crippen molar-refractivity contribution in [1.82, 2.24) is 29.7 Å². The Morgan fingerprint density at radius 3 is 2.86 bits per heavy atom. The first kappa shape index (κ1) is 13.4. The lowest BCUT2D eigenvalue weighted by Gasteiger charge is -2.08. The van der Waals surface area contributed by atoms with Gasteiger partial charge < -0.3 is 5.32 Å². The summed E-state index contributed by atoms with van der Waals surface area (Å²) in [5.41, 5.74) is 2.02. The van der Waals surface area contributed by atoms with E-state index in [1.54, 1.807) is 24.7 Å². The average molecular weight is 302 g/mol. The van der Waals surface area contributed by atoms with Gasteiger partial charge in [0.05, 0.1) is 12.2 Å².